The molecule has 8 nitrogen and oxygen atoms in total. The Balaban J connectivity index is 1.87. The van der Waals surface area contributed by atoms with E-state index in [-0.39, 0.29) is 17.4 Å². The normalized spacial score (nSPS) is 19.8. The van der Waals surface area contributed by atoms with Gasteiger partial charge in [-0.05, 0) is 31.0 Å². The molecule has 0 radical (unpaired) electrons. The Kier molecular flexibility index (Phi) is 4.98. The Hall–Kier alpha value is -3.16. The number of aromatic carboxylic acids is 1. The molecule has 1 aromatic heterocycles. The number of likely N-dealkylation sites (tertiary alicyclic amines) is 1. The summed E-state index contributed by atoms with van der Waals surface area (Å²) < 4.78 is 1.64. The van der Waals surface area contributed by atoms with Crippen LogP contribution in [0.5, 0.6) is 0 Å². The van der Waals surface area contributed by atoms with Crippen molar-refractivity contribution in [1.29, 1.82) is 0 Å². The number of aromatic nitrogens is 2. The first kappa shape index (κ1) is 18.6. The maximum atomic E-state index is 13.0. The molecule has 2 N–H and O–H groups in total. The number of carbonyl (C=O) groups is 3. The Bertz CT molecular complexity index is 905. The first-order valence-corrected chi connectivity index (χ1v) is 8.67. The van der Waals surface area contributed by atoms with Crippen molar-refractivity contribution < 1.29 is 19.5 Å². The highest BCUT2D eigenvalue weighted by Crippen LogP contribution is 2.36. The number of aryl methyl sites for hydroxylation is 2. The quantitative estimate of drug-likeness (QED) is 0.856. The van der Waals surface area contributed by atoms with Crippen molar-refractivity contribution in [3.05, 3.63) is 47.3 Å². The lowest BCUT2D eigenvalue weighted by molar-refractivity contribution is -0.140. The SMILES string of the molecule is Cc1ccc(NC(=O)C2CCC(=O)N(C)C2c2cnn(C)c2)cc1C(=O)O. The predicted molar refractivity (Wildman–Crippen MR) is 98.2 cm³/mol. The molecule has 2 atom stereocenters. The molecule has 2 amide bonds. The van der Waals surface area contributed by atoms with Gasteiger partial charge in [-0.25, -0.2) is 4.79 Å². The zero-order valence-corrected chi connectivity index (χ0v) is 15.5. The molecule has 0 aliphatic carbocycles. The number of piperidine rings is 1. The third kappa shape index (κ3) is 3.69. The molecule has 1 aliphatic heterocycles. The summed E-state index contributed by atoms with van der Waals surface area (Å²) in [5, 5.41) is 16.2. The summed E-state index contributed by atoms with van der Waals surface area (Å²) >= 11 is 0. The smallest absolute Gasteiger partial charge is 0.336 e. The summed E-state index contributed by atoms with van der Waals surface area (Å²) in [5.41, 5.74) is 1.99. The van der Waals surface area contributed by atoms with Gasteiger partial charge in [-0.15, -0.1) is 0 Å². The van der Waals surface area contributed by atoms with E-state index in [0.717, 1.165) is 5.56 Å². The fourth-order valence-corrected chi connectivity index (χ4v) is 3.53. The van der Waals surface area contributed by atoms with Gasteiger partial charge in [0.1, 0.15) is 0 Å². The minimum absolute atomic E-state index is 0.0172. The van der Waals surface area contributed by atoms with E-state index < -0.39 is 17.9 Å². The molecule has 2 aromatic rings. The molecule has 0 spiro atoms. The van der Waals surface area contributed by atoms with Crippen molar-refractivity contribution in [3.8, 4) is 0 Å². The first-order valence-electron chi connectivity index (χ1n) is 8.67. The summed E-state index contributed by atoms with van der Waals surface area (Å²) in [6.07, 6.45) is 4.18. The highest BCUT2D eigenvalue weighted by molar-refractivity contribution is 5.97. The van der Waals surface area contributed by atoms with Crippen LogP contribution in [-0.4, -0.2) is 44.6 Å². The molecule has 1 fully saturated rings. The van der Waals surface area contributed by atoms with Crippen LogP contribution < -0.4 is 5.32 Å². The Morgan fingerprint density at radius 2 is 2.04 bits per heavy atom. The van der Waals surface area contributed by atoms with Gasteiger partial charge >= 0.3 is 5.97 Å². The van der Waals surface area contributed by atoms with Crippen LogP contribution in [0, 0.1) is 12.8 Å². The van der Waals surface area contributed by atoms with Gasteiger partial charge in [0.15, 0.2) is 0 Å². The van der Waals surface area contributed by atoms with Gasteiger partial charge in [-0.1, -0.05) is 6.07 Å². The largest absolute Gasteiger partial charge is 0.478 e. The third-order valence-corrected chi connectivity index (χ3v) is 5.00. The number of hydrogen-bond donors (Lipinski definition) is 2. The lowest BCUT2D eigenvalue weighted by Crippen LogP contribution is -2.44. The number of anilines is 1. The standard InChI is InChI=1S/C19H22N4O4/c1-11-4-5-13(8-15(11)19(26)27)21-18(25)14-6-7-16(24)23(3)17(14)12-9-20-22(2)10-12/h4-5,8-10,14,17H,6-7H2,1-3H3,(H,21,25)(H,26,27). The van der Waals surface area contributed by atoms with Crippen molar-refractivity contribution in [2.45, 2.75) is 25.8 Å². The van der Waals surface area contributed by atoms with Crippen molar-refractivity contribution in [2.75, 3.05) is 12.4 Å². The van der Waals surface area contributed by atoms with Crippen LogP contribution in [0.1, 0.15) is 40.4 Å². The number of rotatable bonds is 4. The Morgan fingerprint density at radius 3 is 2.67 bits per heavy atom. The number of hydrogen-bond acceptors (Lipinski definition) is 4. The number of amides is 2. The van der Waals surface area contributed by atoms with Crippen LogP contribution in [-0.2, 0) is 16.6 Å². The fourth-order valence-electron chi connectivity index (χ4n) is 3.53. The Labute approximate surface area is 156 Å². The van der Waals surface area contributed by atoms with Gasteiger partial charge in [-0.2, -0.15) is 5.10 Å². The van der Waals surface area contributed by atoms with Gasteiger partial charge in [0.05, 0.1) is 23.7 Å². The second-order valence-corrected chi connectivity index (χ2v) is 6.87. The van der Waals surface area contributed by atoms with E-state index in [9.17, 15) is 19.5 Å². The van der Waals surface area contributed by atoms with Crippen molar-refractivity contribution in [2.24, 2.45) is 13.0 Å². The molecule has 0 bridgehead atoms. The molecular formula is C19H22N4O4. The topological polar surface area (TPSA) is 105 Å². The monoisotopic (exact) mass is 370 g/mol. The zero-order valence-electron chi connectivity index (χ0n) is 15.5. The minimum Gasteiger partial charge on any atom is -0.478 e. The summed E-state index contributed by atoms with van der Waals surface area (Å²) in [4.78, 5) is 38.0. The second kappa shape index (κ2) is 7.22. The fraction of sp³-hybridized carbons (Fsp3) is 0.368. The third-order valence-electron chi connectivity index (χ3n) is 5.00. The van der Waals surface area contributed by atoms with Crippen LogP contribution in [0.3, 0.4) is 0 Å². The van der Waals surface area contributed by atoms with Gasteiger partial charge < -0.3 is 15.3 Å². The number of carboxylic acids is 1. The summed E-state index contributed by atoms with van der Waals surface area (Å²) in [6, 6.07) is 4.38. The molecule has 0 saturated carbocycles. The second-order valence-electron chi connectivity index (χ2n) is 6.87. The van der Waals surface area contributed by atoms with E-state index >= 15 is 0 Å². The van der Waals surface area contributed by atoms with Crippen molar-refractivity contribution in [1.82, 2.24) is 14.7 Å². The number of nitrogens with one attached hydrogen (secondary N) is 1. The summed E-state index contributed by atoms with van der Waals surface area (Å²) in [5.74, 6) is -1.76. The Morgan fingerprint density at radius 1 is 1.30 bits per heavy atom. The molecule has 1 aromatic carbocycles. The van der Waals surface area contributed by atoms with Gasteiger partial charge in [0, 0.05) is 38.0 Å². The first-order chi connectivity index (χ1) is 12.8. The molecule has 2 heterocycles. The maximum Gasteiger partial charge on any atom is 0.336 e. The van der Waals surface area contributed by atoms with Gasteiger partial charge in [-0.3, -0.25) is 14.3 Å². The molecule has 142 valence electrons. The highest BCUT2D eigenvalue weighted by Gasteiger charge is 2.39. The lowest BCUT2D eigenvalue weighted by atomic mass is 9.85. The van der Waals surface area contributed by atoms with Crippen LogP contribution in [0.4, 0.5) is 5.69 Å². The molecule has 1 aliphatic rings. The summed E-state index contributed by atoms with van der Waals surface area (Å²) in [7, 11) is 3.47. The minimum atomic E-state index is -1.04. The van der Waals surface area contributed by atoms with Crippen LogP contribution >= 0.6 is 0 Å². The highest BCUT2D eigenvalue weighted by atomic mass is 16.4. The average Bonchev–Trinajstić information content (AvgIpc) is 3.04. The van der Waals surface area contributed by atoms with E-state index in [1.54, 1.807) is 55.1 Å². The van der Waals surface area contributed by atoms with Gasteiger partial charge in [0.2, 0.25) is 11.8 Å². The zero-order chi connectivity index (χ0) is 19.7. The van der Waals surface area contributed by atoms with Gasteiger partial charge in [0.25, 0.3) is 0 Å². The lowest BCUT2D eigenvalue weighted by Gasteiger charge is -2.37. The molecular weight excluding hydrogens is 348 g/mol. The maximum absolute atomic E-state index is 13.0. The van der Waals surface area contributed by atoms with Crippen molar-refractivity contribution >= 4 is 23.5 Å². The number of nitrogens with zero attached hydrogens (tertiary/aromatic N) is 3. The average molecular weight is 370 g/mol. The van der Waals surface area contributed by atoms with E-state index in [1.165, 1.54) is 6.07 Å². The molecule has 27 heavy (non-hydrogen) atoms. The van der Waals surface area contributed by atoms with Crippen LogP contribution in [0.2, 0.25) is 0 Å². The van der Waals surface area contributed by atoms with Crippen LogP contribution in [0.25, 0.3) is 0 Å². The number of benzene rings is 1. The van der Waals surface area contributed by atoms with E-state index in [1.807, 2.05) is 0 Å². The summed E-state index contributed by atoms with van der Waals surface area (Å²) in [6.45, 7) is 1.70. The molecule has 1 saturated heterocycles. The predicted octanol–water partition coefficient (Wildman–Crippen LogP) is 1.97. The molecule has 8 heteroatoms. The molecule has 3 rings (SSSR count). The van der Waals surface area contributed by atoms with E-state index in [2.05, 4.69) is 10.4 Å². The van der Waals surface area contributed by atoms with Crippen LogP contribution in [0.15, 0.2) is 30.6 Å². The molecule has 2 unspecified atom stereocenters. The number of carbonyl (C=O) groups excluding carboxylic acids is 2. The number of carboxylic acid groups (broad SMARTS) is 1. The van der Waals surface area contributed by atoms with E-state index in [0.29, 0.717) is 24.1 Å². The van der Waals surface area contributed by atoms with E-state index in [4.69, 9.17) is 0 Å². The van der Waals surface area contributed by atoms with Crippen molar-refractivity contribution in [3.63, 3.8) is 0 Å².